The number of nitrogens with one attached hydrogen (secondary N) is 1. The summed E-state index contributed by atoms with van der Waals surface area (Å²) >= 11 is 0. The summed E-state index contributed by atoms with van der Waals surface area (Å²) in [4.78, 5) is 12.8. The van der Waals surface area contributed by atoms with Gasteiger partial charge in [0.05, 0.1) is 18.7 Å². The van der Waals surface area contributed by atoms with Crippen molar-refractivity contribution in [3.8, 4) is 5.75 Å². The molecule has 0 amide bonds. The van der Waals surface area contributed by atoms with Gasteiger partial charge in [0, 0.05) is 6.54 Å². The van der Waals surface area contributed by atoms with Crippen LogP contribution >= 0.6 is 0 Å². The van der Waals surface area contributed by atoms with Gasteiger partial charge in [-0.2, -0.15) is 0 Å². The van der Waals surface area contributed by atoms with Crippen LogP contribution in [-0.4, -0.2) is 19.4 Å². The van der Waals surface area contributed by atoms with Gasteiger partial charge >= 0.3 is 0 Å². The number of rotatable bonds is 3. The van der Waals surface area contributed by atoms with E-state index in [-0.39, 0.29) is 11.3 Å². The second kappa shape index (κ2) is 5.66. The smallest absolute Gasteiger partial charge is 0.188 e. The van der Waals surface area contributed by atoms with Gasteiger partial charge in [-0.15, -0.1) is 0 Å². The Kier molecular flexibility index (Phi) is 3.71. The maximum atomic E-state index is 13.5. The standard InChI is InChI=1S/C17H16FNO2/c1-21-15-7-6-12(18)10-14(15)17(20)16-13-5-3-2-4-11(13)8-9-19-16/h2-7,10,16,19H,8-9H2,1H3. The number of ether oxygens (including phenoxy) is 1. The number of Topliss-reactive ketones (excluding diaryl/α,β-unsaturated/α-hetero) is 1. The number of methoxy groups -OCH3 is 1. The first-order chi connectivity index (χ1) is 10.2. The van der Waals surface area contributed by atoms with Crippen LogP contribution in [0.1, 0.15) is 27.5 Å². The number of carbonyl (C=O) groups is 1. The van der Waals surface area contributed by atoms with E-state index in [1.807, 2.05) is 24.3 Å². The number of ketones is 1. The van der Waals surface area contributed by atoms with Crippen molar-refractivity contribution in [2.75, 3.05) is 13.7 Å². The largest absolute Gasteiger partial charge is 0.496 e. The molecule has 108 valence electrons. The lowest BCUT2D eigenvalue weighted by Crippen LogP contribution is -2.35. The molecule has 21 heavy (non-hydrogen) atoms. The van der Waals surface area contributed by atoms with E-state index in [0.29, 0.717) is 5.75 Å². The Morgan fingerprint density at radius 1 is 1.29 bits per heavy atom. The van der Waals surface area contributed by atoms with Gasteiger partial charge in [-0.25, -0.2) is 4.39 Å². The summed E-state index contributed by atoms with van der Waals surface area (Å²) in [5, 5.41) is 3.22. The molecule has 4 heteroatoms. The van der Waals surface area contributed by atoms with Crippen molar-refractivity contribution in [2.24, 2.45) is 0 Å². The van der Waals surface area contributed by atoms with E-state index in [2.05, 4.69) is 5.32 Å². The molecule has 0 fully saturated rings. The van der Waals surface area contributed by atoms with Gasteiger partial charge in [-0.05, 0) is 35.7 Å². The highest BCUT2D eigenvalue weighted by Gasteiger charge is 2.28. The normalized spacial score (nSPS) is 17.1. The first-order valence-corrected chi connectivity index (χ1v) is 6.89. The number of carbonyl (C=O) groups excluding carboxylic acids is 1. The van der Waals surface area contributed by atoms with Crippen molar-refractivity contribution in [1.29, 1.82) is 0 Å². The molecule has 2 aromatic carbocycles. The fourth-order valence-electron chi connectivity index (χ4n) is 2.77. The second-order valence-corrected chi connectivity index (χ2v) is 5.04. The van der Waals surface area contributed by atoms with E-state index in [4.69, 9.17) is 4.74 Å². The highest BCUT2D eigenvalue weighted by Crippen LogP contribution is 2.29. The van der Waals surface area contributed by atoms with Crippen LogP contribution in [0.4, 0.5) is 4.39 Å². The van der Waals surface area contributed by atoms with Crippen molar-refractivity contribution < 1.29 is 13.9 Å². The Balaban J connectivity index is 2.02. The molecule has 0 aliphatic carbocycles. The molecule has 0 radical (unpaired) electrons. The number of fused-ring (bicyclic) bond motifs is 1. The molecule has 3 nitrogen and oxygen atoms in total. The summed E-state index contributed by atoms with van der Waals surface area (Å²) in [6, 6.07) is 11.4. The van der Waals surface area contributed by atoms with E-state index in [9.17, 15) is 9.18 Å². The Morgan fingerprint density at radius 2 is 2.10 bits per heavy atom. The van der Waals surface area contributed by atoms with E-state index in [0.717, 1.165) is 24.1 Å². The van der Waals surface area contributed by atoms with Crippen LogP contribution in [0, 0.1) is 5.82 Å². The monoisotopic (exact) mass is 285 g/mol. The predicted molar refractivity (Wildman–Crippen MR) is 78.2 cm³/mol. The van der Waals surface area contributed by atoms with Crippen LogP contribution < -0.4 is 10.1 Å². The zero-order valence-electron chi connectivity index (χ0n) is 11.7. The van der Waals surface area contributed by atoms with Gasteiger partial charge in [0.1, 0.15) is 11.6 Å². The van der Waals surface area contributed by atoms with Crippen molar-refractivity contribution in [3.63, 3.8) is 0 Å². The van der Waals surface area contributed by atoms with Gasteiger partial charge < -0.3 is 10.1 Å². The van der Waals surface area contributed by atoms with Crippen LogP contribution in [0.2, 0.25) is 0 Å². The van der Waals surface area contributed by atoms with Crippen molar-refractivity contribution in [2.45, 2.75) is 12.5 Å². The van der Waals surface area contributed by atoms with Gasteiger partial charge in [0.15, 0.2) is 5.78 Å². The van der Waals surface area contributed by atoms with Gasteiger partial charge in [-0.1, -0.05) is 24.3 Å². The summed E-state index contributed by atoms with van der Waals surface area (Å²) in [5.41, 5.74) is 2.39. The molecule has 0 bridgehead atoms. The molecule has 1 unspecified atom stereocenters. The molecule has 0 aromatic heterocycles. The zero-order chi connectivity index (χ0) is 14.8. The Hall–Kier alpha value is -2.20. The Morgan fingerprint density at radius 3 is 2.90 bits per heavy atom. The van der Waals surface area contributed by atoms with E-state index in [1.54, 1.807) is 0 Å². The number of hydrogen-bond donors (Lipinski definition) is 1. The second-order valence-electron chi connectivity index (χ2n) is 5.04. The summed E-state index contributed by atoms with van der Waals surface area (Å²) < 4.78 is 18.7. The quantitative estimate of drug-likeness (QED) is 0.881. The minimum atomic E-state index is -0.453. The molecule has 3 rings (SSSR count). The van der Waals surface area contributed by atoms with Crippen molar-refractivity contribution in [1.82, 2.24) is 5.32 Å². The molecule has 1 atom stereocenters. The van der Waals surface area contributed by atoms with Gasteiger partial charge in [-0.3, -0.25) is 4.79 Å². The lowest BCUT2D eigenvalue weighted by atomic mass is 9.89. The first kappa shape index (κ1) is 13.8. The summed E-state index contributed by atoms with van der Waals surface area (Å²) in [6.45, 7) is 0.727. The van der Waals surface area contributed by atoms with Crippen molar-refractivity contribution >= 4 is 5.78 Å². The molecular formula is C17H16FNO2. The van der Waals surface area contributed by atoms with Crippen LogP contribution in [0.3, 0.4) is 0 Å². The molecule has 2 aromatic rings. The Labute approximate surface area is 122 Å². The number of hydrogen-bond acceptors (Lipinski definition) is 3. The SMILES string of the molecule is COc1ccc(F)cc1C(=O)C1NCCc2ccccc21. The maximum absolute atomic E-state index is 13.5. The average Bonchev–Trinajstić information content (AvgIpc) is 2.53. The minimum Gasteiger partial charge on any atom is -0.496 e. The molecule has 1 heterocycles. The molecule has 0 spiro atoms. The number of halogens is 1. The molecule has 1 N–H and O–H groups in total. The van der Waals surface area contributed by atoms with Crippen molar-refractivity contribution in [3.05, 3.63) is 65.0 Å². The van der Waals surface area contributed by atoms with E-state index in [1.165, 1.54) is 25.3 Å². The molecule has 1 aliphatic heterocycles. The van der Waals surface area contributed by atoms with Crippen LogP contribution in [0.15, 0.2) is 42.5 Å². The van der Waals surface area contributed by atoms with E-state index >= 15 is 0 Å². The summed E-state index contributed by atoms with van der Waals surface area (Å²) in [6.07, 6.45) is 0.889. The van der Waals surface area contributed by atoms with Gasteiger partial charge in [0.2, 0.25) is 0 Å². The fourth-order valence-corrected chi connectivity index (χ4v) is 2.77. The summed E-state index contributed by atoms with van der Waals surface area (Å²) in [5.74, 6) is -0.215. The lowest BCUT2D eigenvalue weighted by molar-refractivity contribution is 0.0936. The average molecular weight is 285 g/mol. The maximum Gasteiger partial charge on any atom is 0.188 e. The highest BCUT2D eigenvalue weighted by molar-refractivity contribution is 6.03. The lowest BCUT2D eigenvalue weighted by Gasteiger charge is -2.26. The van der Waals surface area contributed by atoms with Crippen LogP contribution in [0.25, 0.3) is 0 Å². The Bertz CT molecular complexity index is 684. The van der Waals surface area contributed by atoms with Crippen LogP contribution in [-0.2, 0) is 6.42 Å². The molecule has 0 saturated carbocycles. The summed E-state index contributed by atoms with van der Waals surface area (Å²) in [7, 11) is 1.48. The number of benzene rings is 2. The minimum absolute atomic E-state index is 0.168. The fraction of sp³-hybridized carbons (Fsp3) is 0.235. The predicted octanol–water partition coefficient (Wildman–Crippen LogP) is 2.90. The molecular weight excluding hydrogens is 269 g/mol. The first-order valence-electron chi connectivity index (χ1n) is 6.89. The zero-order valence-corrected chi connectivity index (χ0v) is 11.7. The topological polar surface area (TPSA) is 38.3 Å². The third-order valence-electron chi connectivity index (χ3n) is 3.80. The van der Waals surface area contributed by atoms with Crippen LogP contribution in [0.5, 0.6) is 5.75 Å². The van der Waals surface area contributed by atoms with Gasteiger partial charge in [0.25, 0.3) is 0 Å². The third kappa shape index (κ3) is 2.54. The highest BCUT2D eigenvalue weighted by atomic mass is 19.1. The molecule has 0 saturated heterocycles. The third-order valence-corrected chi connectivity index (χ3v) is 3.80. The van der Waals surface area contributed by atoms with E-state index < -0.39 is 11.9 Å². The molecule has 1 aliphatic rings.